The molecule has 3 amide bonds. The number of amides is 3. The zero-order valence-electron chi connectivity index (χ0n) is 12.6. The normalized spacial score (nSPS) is 10.0. The average Bonchev–Trinajstić information content (AvgIpc) is 2.49. The topological polar surface area (TPSA) is 83.1 Å². The number of rotatable bonds is 5. The molecule has 2 aromatic rings. The van der Waals surface area contributed by atoms with Crippen LogP contribution in [0.1, 0.15) is 12.1 Å². The molecule has 0 atom stereocenters. The summed E-state index contributed by atoms with van der Waals surface area (Å²) >= 11 is 0. The number of pyridine rings is 1. The highest BCUT2D eigenvalue weighted by atomic mass is 19.1. The van der Waals surface area contributed by atoms with Crippen LogP contribution < -0.4 is 16.0 Å². The molecule has 3 N–H and O–H groups in total. The van der Waals surface area contributed by atoms with Gasteiger partial charge in [-0.15, -0.1) is 0 Å². The van der Waals surface area contributed by atoms with Crippen LogP contribution in [0.4, 0.5) is 20.7 Å². The molecule has 0 unspecified atom stereocenters. The van der Waals surface area contributed by atoms with Crippen molar-refractivity contribution in [3.63, 3.8) is 0 Å². The van der Waals surface area contributed by atoms with Gasteiger partial charge in [-0.2, -0.15) is 0 Å². The third kappa shape index (κ3) is 5.74. The van der Waals surface area contributed by atoms with E-state index in [1.165, 1.54) is 24.3 Å². The standard InChI is InChI=1S/C16H17FN4O2/c1-11-3-2-4-14(19-11)21-15(22)9-10-18-16(23)20-13-7-5-12(17)6-8-13/h2-8H,9-10H2,1H3,(H2,18,20,23)(H,19,21,22). The van der Waals surface area contributed by atoms with Crippen LogP contribution in [0.25, 0.3) is 0 Å². The van der Waals surface area contributed by atoms with E-state index in [-0.39, 0.29) is 24.7 Å². The molecule has 1 aromatic heterocycles. The fraction of sp³-hybridized carbons (Fsp3) is 0.188. The summed E-state index contributed by atoms with van der Waals surface area (Å²) in [4.78, 5) is 27.5. The van der Waals surface area contributed by atoms with Crippen molar-refractivity contribution in [1.82, 2.24) is 10.3 Å². The van der Waals surface area contributed by atoms with Gasteiger partial charge in [0.2, 0.25) is 5.91 Å². The zero-order valence-corrected chi connectivity index (χ0v) is 12.6. The van der Waals surface area contributed by atoms with Crippen molar-refractivity contribution >= 4 is 23.4 Å². The van der Waals surface area contributed by atoms with Crippen LogP contribution in [0.3, 0.4) is 0 Å². The predicted molar refractivity (Wildman–Crippen MR) is 85.6 cm³/mol. The number of hydrogen-bond acceptors (Lipinski definition) is 3. The maximum Gasteiger partial charge on any atom is 0.319 e. The minimum absolute atomic E-state index is 0.118. The number of halogens is 1. The van der Waals surface area contributed by atoms with E-state index >= 15 is 0 Å². The summed E-state index contributed by atoms with van der Waals surface area (Å²) in [5.74, 6) is -0.145. The first kappa shape index (κ1) is 16.4. The van der Waals surface area contributed by atoms with Crippen LogP contribution in [-0.4, -0.2) is 23.5 Å². The average molecular weight is 316 g/mol. The molecular weight excluding hydrogens is 299 g/mol. The lowest BCUT2D eigenvalue weighted by molar-refractivity contribution is -0.116. The molecule has 120 valence electrons. The first-order chi connectivity index (χ1) is 11.0. The van der Waals surface area contributed by atoms with E-state index < -0.39 is 6.03 Å². The van der Waals surface area contributed by atoms with Gasteiger partial charge in [-0.3, -0.25) is 4.79 Å². The summed E-state index contributed by atoms with van der Waals surface area (Å²) < 4.78 is 12.7. The SMILES string of the molecule is Cc1cccc(NC(=O)CCNC(=O)Nc2ccc(F)cc2)n1. The maximum absolute atomic E-state index is 12.7. The van der Waals surface area contributed by atoms with Crippen LogP contribution in [0.2, 0.25) is 0 Å². The third-order valence-electron chi connectivity index (χ3n) is 2.90. The lowest BCUT2D eigenvalue weighted by Crippen LogP contribution is -2.31. The van der Waals surface area contributed by atoms with Crippen molar-refractivity contribution in [3.05, 3.63) is 54.0 Å². The molecular formula is C16H17FN4O2. The van der Waals surface area contributed by atoms with Crippen LogP contribution in [0.5, 0.6) is 0 Å². The van der Waals surface area contributed by atoms with Crippen molar-refractivity contribution in [3.8, 4) is 0 Å². The highest BCUT2D eigenvalue weighted by Crippen LogP contribution is 2.07. The van der Waals surface area contributed by atoms with Crippen molar-refractivity contribution in [1.29, 1.82) is 0 Å². The van der Waals surface area contributed by atoms with Gasteiger partial charge < -0.3 is 16.0 Å². The van der Waals surface area contributed by atoms with Gasteiger partial charge in [-0.05, 0) is 43.3 Å². The second-order valence-corrected chi connectivity index (χ2v) is 4.85. The predicted octanol–water partition coefficient (Wildman–Crippen LogP) is 2.68. The quantitative estimate of drug-likeness (QED) is 0.793. The number of carbonyl (C=O) groups is 2. The van der Waals surface area contributed by atoms with Gasteiger partial charge in [0.1, 0.15) is 11.6 Å². The molecule has 0 aliphatic carbocycles. The lowest BCUT2D eigenvalue weighted by Gasteiger charge is -2.08. The summed E-state index contributed by atoms with van der Waals surface area (Å²) in [6, 6.07) is 10.3. The number of anilines is 2. The van der Waals surface area contributed by atoms with E-state index in [0.717, 1.165) is 5.69 Å². The number of benzene rings is 1. The van der Waals surface area contributed by atoms with E-state index in [9.17, 15) is 14.0 Å². The van der Waals surface area contributed by atoms with E-state index in [1.807, 2.05) is 13.0 Å². The van der Waals surface area contributed by atoms with Crippen LogP contribution in [0, 0.1) is 12.7 Å². The van der Waals surface area contributed by atoms with E-state index in [4.69, 9.17) is 0 Å². The molecule has 0 spiro atoms. The Kier molecular flexibility index (Phi) is 5.62. The molecule has 6 nitrogen and oxygen atoms in total. The largest absolute Gasteiger partial charge is 0.337 e. The molecule has 0 aliphatic rings. The van der Waals surface area contributed by atoms with Crippen molar-refractivity contribution < 1.29 is 14.0 Å². The number of urea groups is 1. The molecule has 1 heterocycles. The van der Waals surface area contributed by atoms with Gasteiger partial charge in [-0.25, -0.2) is 14.2 Å². The van der Waals surface area contributed by atoms with Gasteiger partial charge >= 0.3 is 6.03 Å². The summed E-state index contributed by atoms with van der Waals surface area (Å²) in [7, 11) is 0. The number of aromatic nitrogens is 1. The fourth-order valence-electron chi connectivity index (χ4n) is 1.82. The Hall–Kier alpha value is -2.96. The summed E-state index contributed by atoms with van der Waals surface area (Å²) in [6.45, 7) is 2.00. The monoisotopic (exact) mass is 316 g/mol. The Morgan fingerprint density at radius 2 is 1.83 bits per heavy atom. The van der Waals surface area contributed by atoms with Crippen molar-refractivity contribution in [2.24, 2.45) is 0 Å². The maximum atomic E-state index is 12.7. The van der Waals surface area contributed by atoms with E-state index in [0.29, 0.717) is 11.5 Å². The number of carbonyl (C=O) groups excluding carboxylic acids is 2. The Balaban J connectivity index is 1.70. The smallest absolute Gasteiger partial charge is 0.319 e. The Morgan fingerprint density at radius 1 is 1.09 bits per heavy atom. The Labute approximate surface area is 133 Å². The van der Waals surface area contributed by atoms with Crippen LogP contribution in [-0.2, 0) is 4.79 Å². The summed E-state index contributed by atoms with van der Waals surface area (Å²) in [6.07, 6.45) is 0.118. The molecule has 7 heteroatoms. The van der Waals surface area contributed by atoms with Crippen molar-refractivity contribution in [2.75, 3.05) is 17.2 Å². The minimum Gasteiger partial charge on any atom is -0.337 e. The molecule has 0 saturated heterocycles. The molecule has 0 bridgehead atoms. The Morgan fingerprint density at radius 3 is 2.52 bits per heavy atom. The number of nitrogens with zero attached hydrogens (tertiary/aromatic N) is 1. The van der Waals surface area contributed by atoms with Gasteiger partial charge in [-0.1, -0.05) is 6.07 Å². The second kappa shape index (κ2) is 7.88. The van der Waals surface area contributed by atoms with Crippen molar-refractivity contribution in [2.45, 2.75) is 13.3 Å². The first-order valence-electron chi connectivity index (χ1n) is 7.07. The summed E-state index contributed by atoms with van der Waals surface area (Å²) in [5, 5.41) is 7.74. The first-order valence-corrected chi connectivity index (χ1v) is 7.07. The molecule has 0 fully saturated rings. The third-order valence-corrected chi connectivity index (χ3v) is 2.90. The lowest BCUT2D eigenvalue weighted by atomic mass is 10.3. The second-order valence-electron chi connectivity index (χ2n) is 4.85. The van der Waals surface area contributed by atoms with Gasteiger partial charge in [0.25, 0.3) is 0 Å². The zero-order chi connectivity index (χ0) is 16.7. The number of nitrogens with one attached hydrogen (secondary N) is 3. The molecule has 23 heavy (non-hydrogen) atoms. The Bertz CT molecular complexity index is 689. The number of aryl methyl sites for hydroxylation is 1. The van der Waals surface area contributed by atoms with E-state index in [2.05, 4.69) is 20.9 Å². The summed E-state index contributed by atoms with van der Waals surface area (Å²) in [5.41, 5.74) is 1.27. The molecule has 0 saturated carbocycles. The highest BCUT2D eigenvalue weighted by molar-refractivity contribution is 5.91. The molecule has 0 radical (unpaired) electrons. The molecule has 0 aliphatic heterocycles. The highest BCUT2D eigenvalue weighted by Gasteiger charge is 2.06. The van der Waals surface area contributed by atoms with Crippen LogP contribution >= 0.6 is 0 Å². The fourth-order valence-corrected chi connectivity index (χ4v) is 1.82. The molecule has 1 aromatic carbocycles. The van der Waals surface area contributed by atoms with Gasteiger partial charge in [0.05, 0.1) is 0 Å². The molecule has 2 rings (SSSR count). The van der Waals surface area contributed by atoms with E-state index in [1.54, 1.807) is 12.1 Å². The van der Waals surface area contributed by atoms with Crippen LogP contribution in [0.15, 0.2) is 42.5 Å². The number of hydrogen-bond donors (Lipinski definition) is 3. The van der Waals surface area contributed by atoms with Gasteiger partial charge in [0, 0.05) is 24.3 Å². The van der Waals surface area contributed by atoms with Gasteiger partial charge in [0.15, 0.2) is 0 Å². The minimum atomic E-state index is -0.460.